The van der Waals surface area contributed by atoms with E-state index in [9.17, 15) is 14.0 Å². The summed E-state index contributed by atoms with van der Waals surface area (Å²) in [5, 5.41) is 0.0487. The third kappa shape index (κ3) is 3.37. The van der Waals surface area contributed by atoms with E-state index in [1.807, 2.05) is 0 Å². The molecule has 1 fully saturated rings. The average Bonchev–Trinajstić information content (AvgIpc) is 3.10. The van der Waals surface area contributed by atoms with Crippen LogP contribution in [0.25, 0.3) is 0 Å². The van der Waals surface area contributed by atoms with Crippen molar-refractivity contribution in [1.82, 2.24) is 4.90 Å². The molecule has 1 aliphatic heterocycles. The number of likely N-dealkylation sites (tertiary alicyclic amines) is 1. The summed E-state index contributed by atoms with van der Waals surface area (Å²) in [4.78, 5) is 27.0. The molecule has 1 saturated heterocycles. The maximum Gasteiger partial charge on any atom is 0.258 e. The van der Waals surface area contributed by atoms with Gasteiger partial charge in [0.15, 0.2) is 5.78 Å². The Bertz CT molecular complexity index is 787. The van der Waals surface area contributed by atoms with E-state index >= 15 is 0 Å². The third-order valence-corrected chi connectivity index (χ3v) is 4.68. The number of ether oxygens (including phenoxy) is 1. The van der Waals surface area contributed by atoms with Gasteiger partial charge in [-0.1, -0.05) is 17.7 Å². The summed E-state index contributed by atoms with van der Waals surface area (Å²) in [6.45, 7) is 0.399. The van der Waals surface area contributed by atoms with Gasteiger partial charge in [-0.15, -0.1) is 0 Å². The van der Waals surface area contributed by atoms with Crippen molar-refractivity contribution in [2.45, 2.75) is 18.9 Å². The second-order valence-electron chi connectivity index (χ2n) is 5.85. The van der Waals surface area contributed by atoms with Crippen molar-refractivity contribution >= 4 is 23.3 Å². The Balaban J connectivity index is 1.86. The van der Waals surface area contributed by atoms with Crippen molar-refractivity contribution in [3.05, 3.63) is 64.4 Å². The Morgan fingerprint density at radius 1 is 1.20 bits per heavy atom. The van der Waals surface area contributed by atoms with Gasteiger partial charge in [-0.25, -0.2) is 4.39 Å². The van der Waals surface area contributed by atoms with Crippen LogP contribution < -0.4 is 4.74 Å². The highest BCUT2D eigenvalue weighted by molar-refractivity contribution is 6.34. The normalized spacial score (nSPS) is 16.8. The minimum atomic E-state index is -0.681. The lowest BCUT2D eigenvalue weighted by molar-refractivity contribution is 0.0668. The maximum absolute atomic E-state index is 14.1. The molecule has 1 unspecified atom stereocenters. The number of ketones is 1. The number of Topliss-reactive ketones (excluding diaryl/α,β-unsaturated/α-hetero) is 1. The van der Waals surface area contributed by atoms with Gasteiger partial charge in [0.1, 0.15) is 11.6 Å². The van der Waals surface area contributed by atoms with Crippen LogP contribution in [0.2, 0.25) is 5.02 Å². The molecular formula is C19H17ClFNO3. The van der Waals surface area contributed by atoms with Crippen LogP contribution in [0.4, 0.5) is 4.39 Å². The molecule has 0 saturated carbocycles. The summed E-state index contributed by atoms with van der Waals surface area (Å²) in [5.41, 5.74) is 0.309. The van der Waals surface area contributed by atoms with E-state index in [1.165, 1.54) is 23.1 Å². The molecule has 0 spiro atoms. The first-order valence-corrected chi connectivity index (χ1v) is 8.34. The fraction of sp³-hybridized carbons (Fsp3) is 0.263. The molecule has 0 bridgehead atoms. The van der Waals surface area contributed by atoms with Crippen LogP contribution in [0.15, 0.2) is 42.5 Å². The van der Waals surface area contributed by atoms with Gasteiger partial charge in [0, 0.05) is 12.1 Å². The lowest BCUT2D eigenvalue weighted by Gasteiger charge is -2.24. The van der Waals surface area contributed by atoms with Gasteiger partial charge < -0.3 is 9.64 Å². The van der Waals surface area contributed by atoms with Crippen LogP contribution >= 0.6 is 11.6 Å². The molecule has 1 heterocycles. The first-order chi connectivity index (χ1) is 12.0. The van der Waals surface area contributed by atoms with Crippen LogP contribution in [-0.4, -0.2) is 36.3 Å². The highest BCUT2D eigenvalue weighted by Gasteiger charge is 2.36. The number of amides is 1. The molecule has 0 N–H and O–H groups in total. The molecular weight excluding hydrogens is 345 g/mol. The standard InChI is InChI=1S/C19H17ClFNO3/c1-25-13-9-7-12(8-10-13)18(23)16-6-3-11-22(16)19(24)17-14(20)4-2-5-15(17)21/h2,4-5,7-10,16H,3,6,11H2,1H3. The van der Waals surface area contributed by atoms with Crippen LogP contribution in [0, 0.1) is 5.82 Å². The lowest BCUT2D eigenvalue weighted by atomic mass is 10.0. The van der Waals surface area contributed by atoms with Gasteiger partial charge >= 0.3 is 0 Å². The number of methoxy groups -OCH3 is 1. The molecule has 2 aromatic rings. The minimum Gasteiger partial charge on any atom is -0.497 e. The summed E-state index contributed by atoms with van der Waals surface area (Å²) in [6, 6.07) is 10.2. The Kier molecular flexibility index (Phi) is 5.04. The number of nitrogens with zero attached hydrogens (tertiary/aromatic N) is 1. The van der Waals surface area contributed by atoms with Crippen LogP contribution in [-0.2, 0) is 0 Å². The monoisotopic (exact) mass is 361 g/mol. The Morgan fingerprint density at radius 2 is 1.92 bits per heavy atom. The van der Waals surface area contributed by atoms with Crippen LogP contribution in [0.3, 0.4) is 0 Å². The molecule has 0 aromatic heterocycles. The van der Waals surface area contributed by atoms with E-state index in [0.29, 0.717) is 30.7 Å². The van der Waals surface area contributed by atoms with Gasteiger partial charge in [0.25, 0.3) is 5.91 Å². The van der Waals surface area contributed by atoms with E-state index in [0.717, 1.165) is 0 Å². The molecule has 0 radical (unpaired) electrons. The van der Waals surface area contributed by atoms with E-state index in [-0.39, 0.29) is 16.4 Å². The second kappa shape index (κ2) is 7.23. The SMILES string of the molecule is COc1ccc(C(=O)C2CCCN2C(=O)c2c(F)cccc2Cl)cc1. The predicted molar refractivity (Wildman–Crippen MR) is 92.8 cm³/mol. The number of halogens is 2. The summed E-state index contributed by atoms with van der Waals surface area (Å²) < 4.78 is 19.1. The molecule has 6 heteroatoms. The highest BCUT2D eigenvalue weighted by atomic mass is 35.5. The first kappa shape index (κ1) is 17.4. The number of rotatable bonds is 4. The smallest absolute Gasteiger partial charge is 0.258 e. The minimum absolute atomic E-state index is 0.0487. The van der Waals surface area contributed by atoms with Crippen molar-refractivity contribution in [3.63, 3.8) is 0 Å². The van der Waals surface area contributed by atoms with E-state index < -0.39 is 17.8 Å². The van der Waals surface area contributed by atoms with Crippen LogP contribution in [0.5, 0.6) is 5.75 Å². The molecule has 4 nitrogen and oxygen atoms in total. The van der Waals surface area contributed by atoms with Gasteiger partial charge in [0.05, 0.1) is 23.7 Å². The fourth-order valence-corrected chi connectivity index (χ4v) is 3.32. The van der Waals surface area contributed by atoms with Gasteiger partial charge in [-0.05, 0) is 49.2 Å². The zero-order chi connectivity index (χ0) is 18.0. The molecule has 0 aliphatic carbocycles. The van der Waals surface area contributed by atoms with Crippen molar-refractivity contribution < 1.29 is 18.7 Å². The molecule has 1 aliphatic rings. The third-order valence-electron chi connectivity index (χ3n) is 4.37. The zero-order valence-electron chi connectivity index (χ0n) is 13.7. The van der Waals surface area contributed by atoms with Crippen LogP contribution in [0.1, 0.15) is 33.6 Å². The fourth-order valence-electron chi connectivity index (χ4n) is 3.08. The molecule has 1 amide bonds. The average molecular weight is 362 g/mol. The van der Waals surface area contributed by atoms with Gasteiger partial charge in [-0.3, -0.25) is 9.59 Å². The number of hydrogen-bond donors (Lipinski definition) is 0. The summed E-state index contributed by atoms with van der Waals surface area (Å²) in [5.74, 6) is -0.748. The topological polar surface area (TPSA) is 46.6 Å². The number of benzene rings is 2. The molecule has 25 heavy (non-hydrogen) atoms. The summed E-state index contributed by atoms with van der Waals surface area (Å²) in [6.07, 6.45) is 1.23. The van der Waals surface area contributed by atoms with E-state index in [2.05, 4.69) is 0 Å². The number of carbonyl (C=O) groups excluding carboxylic acids is 2. The first-order valence-electron chi connectivity index (χ1n) is 7.96. The van der Waals surface area contributed by atoms with Crippen molar-refractivity contribution in [3.8, 4) is 5.75 Å². The van der Waals surface area contributed by atoms with E-state index in [4.69, 9.17) is 16.3 Å². The predicted octanol–water partition coefficient (Wildman–Crippen LogP) is 3.98. The van der Waals surface area contributed by atoms with E-state index in [1.54, 1.807) is 31.4 Å². The molecule has 130 valence electrons. The zero-order valence-corrected chi connectivity index (χ0v) is 14.4. The van der Waals surface area contributed by atoms with Gasteiger partial charge in [-0.2, -0.15) is 0 Å². The number of hydrogen-bond acceptors (Lipinski definition) is 3. The van der Waals surface area contributed by atoms with Crippen molar-refractivity contribution in [2.75, 3.05) is 13.7 Å². The molecule has 1 atom stereocenters. The maximum atomic E-state index is 14.1. The number of carbonyl (C=O) groups is 2. The summed E-state index contributed by atoms with van der Waals surface area (Å²) >= 11 is 5.99. The lowest BCUT2D eigenvalue weighted by Crippen LogP contribution is -2.41. The van der Waals surface area contributed by atoms with Gasteiger partial charge in [0.2, 0.25) is 0 Å². The Labute approximate surface area is 150 Å². The quantitative estimate of drug-likeness (QED) is 0.774. The molecule has 2 aromatic carbocycles. The largest absolute Gasteiger partial charge is 0.497 e. The highest BCUT2D eigenvalue weighted by Crippen LogP contribution is 2.28. The summed E-state index contributed by atoms with van der Waals surface area (Å²) in [7, 11) is 1.55. The Hall–Kier alpha value is -2.40. The van der Waals surface area contributed by atoms with Crippen molar-refractivity contribution in [1.29, 1.82) is 0 Å². The van der Waals surface area contributed by atoms with Crippen molar-refractivity contribution in [2.24, 2.45) is 0 Å². The molecule has 3 rings (SSSR count). The second-order valence-corrected chi connectivity index (χ2v) is 6.25. The Morgan fingerprint density at radius 3 is 2.56 bits per heavy atom.